The maximum Gasteiger partial charge on any atom is 0.191 e. The molecule has 1 rings (SSSR count). The normalized spacial score (nSPS) is 12.2. The van der Waals surface area contributed by atoms with Crippen LogP contribution in [0.2, 0.25) is 0 Å². The molecule has 0 fully saturated rings. The highest BCUT2D eigenvalue weighted by molar-refractivity contribution is 7.98. The molecule has 2 N–H and O–H groups in total. The quantitative estimate of drug-likeness (QED) is 0.588. The van der Waals surface area contributed by atoms with Gasteiger partial charge in [-0.2, -0.15) is 11.8 Å². The van der Waals surface area contributed by atoms with Gasteiger partial charge in [-0.1, -0.05) is 11.8 Å². The van der Waals surface area contributed by atoms with E-state index in [2.05, 4.69) is 33.8 Å². The van der Waals surface area contributed by atoms with E-state index >= 15 is 0 Å². The SMILES string of the molecule is CNc1cc(NC(C)CCSC)nc(SC)n1. The average molecular weight is 272 g/mol. The van der Waals surface area contributed by atoms with Crippen molar-refractivity contribution in [2.24, 2.45) is 0 Å². The van der Waals surface area contributed by atoms with Crippen LogP contribution in [0.5, 0.6) is 0 Å². The molecule has 4 nitrogen and oxygen atoms in total. The first-order valence-electron chi connectivity index (χ1n) is 5.56. The summed E-state index contributed by atoms with van der Waals surface area (Å²) in [6, 6.07) is 2.37. The van der Waals surface area contributed by atoms with Gasteiger partial charge in [0.25, 0.3) is 0 Å². The van der Waals surface area contributed by atoms with E-state index in [0.717, 1.165) is 29.0 Å². The van der Waals surface area contributed by atoms with E-state index in [-0.39, 0.29) is 0 Å². The van der Waals surface area contributed by atoms with Crippen molar-refractivity contribution in [2.45, 2.75) is 24.5 Å². The molecule has 0 radical (unpaired) electrons. The van der Waals surface area contributed by atoms with E-state index in [0.29, 0.717) is 6.04 Å². The first kappa shape index (κ1) is 14.4. The Labute approximate surface area is 112 Å². The molecule has 1 unspecified atom stereocenters. The van der Waals surface area contributed by atoms with Crippen LogP contribution in [0, 0.1) is 0 Å². The van der Waals surface area contributed by atoms with Crippen molar-refractivity contribution in [2.75, 3.05) is 35.9 Å². The third-order valence-electron chi connectivity index (χ3n) is 2.29. The molecular weight excluding hydrogens is 252 g/mol. The van der Waals surface area contributed by atoms with E-state index < -0.39 is 0 Å². The minimum absolute atomic E-state index is 0.428. The predicted octanol–water partition coefficient (Wildman–Crippen LogP) is 2.79. The van der Waals surface area contributed by atoms with Crippen molar-refractivity contribution < 1.29 is 0 Å². The number of aromatic nitrogens is 2. The van der Waals surface area contributed by atoms with E-state index in [4.69, 9.17) is 0 Å². The fraction of sp³-hybridized carbons (Fsp3) is 0.636. The number of nitrogens with one attached hydrogen (secondary N) is 2. The molecular formula is C11H20N4S2. The highest BCUT2D eigenvalue weighted by Gasteiger charge is 2.06. The number of thioether (sulfide) groups is 2. The Balaban J connectivity index is 2.68. The topological polar surface area (TPSA) is 49.8 Å². The molecule has 1 atom stereocenters. The Bertz CT molecular complexity index is 324. The lowest BCUT2D eigenvalue weighted by Gasteiger charge is -2.15. The summed E-state index contributed by atoms with van der Waals surface area (Å²) in [6.45, 7) is 2.18. The fourth-order valence-electron chi connectivity index (χ4n) is 1.34. The molecule has 0 saturated heterocycles. The molecule has 0 aliphatic carbocycles. The van der Waals surface area contributed by atoms with Gasteiger partial charge in [0.15, 0.2) is 5.16 Å². The maximum atomic E-state index is 4.44. The maximum absolute atomic E-state index is 4.44. The van der Waals surface area contributed by atoms with Gasteiger partial charge in [-0.15, -0.1) is 0 Å². The summed E-state index contributed by atoms with van der Waals surface area (Å²) < 4.78 is 0. The smallest absolute Gasteiger partial charge is 0.191 e. The highest BCUT2D eigenvalue weighted by Crippen LogP contribution is 2.18. The van der Waals surface area contributed by atoms with Crippen LogP contribution >= 0.6 is 23.5 Å². The zero-order valence-corrected chi connectivity index (χ0v) is 12.4. The monoisotopic (exact) mass is 272 g/mol. The Kier molecular flexibility index (Phi) is 6.50. The number of nitrogens with zero attached hydrogens (tertiary/aromatic N) is 2. The molecule has 0 saturated carbocycles. The van der Waals surface area contributed by atoms with Gasteiger partial charge in [0, 0.05) is 19.2 Å². The summed E-state index contributed by atoms with van der Waals surface area (Å²) in [4.78, 5) is 8.78. The Morgan fingerprint density at radius 1 is 1.29 bits per heavy atom. The summed E-state index contributed by atoms with van der Waals surface area (Å²) in [7, 11) is 1.87. The van der Waals surface area contributed by atoms with Crippen LogP contribution in [0.1, 0.15) is 13.3 Å². The lowest BCUT2D eigenvalue weighted by atomic mass is 10.2. The Morgan fingerprint density at radius 3 is 2.59 bits per heavy atom. The van der Waals surface area contributed by atoms with Crippen LogP contribution < -0.4 is 10.6 Å². The molecule has 1 aromatic heterocycles. The number of hydrogen-bond acceptors (Lipinski definition) is 6. The number of rotatable bonds is 7. The first-order valence-corrected chi connectivity index (χ1v) is 8.17. The van der Waals surface area contributed by atoms with Crippen molar-refractivity contribution >= 4 is 35.2 Å². The number of hydrogen-bond donors (Lipinski definition) is 2. The molecule has 0 amide bonds. The molecule has 1 aromatic rings. The minimum Gasteiger partial charge on any atom is -0.373 e. The molecule has 0 aromatic carbocycles. The number of anilines is 2. The van der Waals surface area contributed by atoms with Crippen LogP contribution in [0.25, 0.3) is 0 Å². The lowest BCUT2D eigenvalue weighted by molar-refractivity contribution is 0.761. The van der Waals surface area contributed by atoms with Crippen molar-refractivity contribution in [3.63, 3.8) is 0 Å². The van der Waals surface area contributed by atoms with Gasteiger partial charge in [0.2, 0.25) is 0 Å². The van der Waals surface area contributed by atoms with E-state index in [1.165, 1.54) is 0 Å². The Hall–Kier alpha value is -0.620. The first-order chi connectivity index (χ1) is 8.19. The fourth-order valence-corrected chi connectivity index (χ4v) is 2.31. The van der Waals surface area contributed by atoms with Crippen LogP contribution in [0.15, 0.2) is 11.2 Å². The minimum atomic E-state index is 0.428. The second-order valence-electron chi connectivity index (χ2n) is 3.70. The van der Waals surface area contributed by atoms with Crippen molar-refractivity contribution in [3.8, 4) is 0 Å². The molecule has 0 aliphatic heterocycles. The molecule has 0 aliphatic rings. The molecule has 0 spiro atoms. The van der Waals surface area contributed by atoms with Gasteiger partial charge in [-0.05, 0) is 31.6 Å². The second-order valence-corrected chi connectivity index (χ2v) is 5.46. The third-order valence-corrected chi connectivity index (χ3v) is 3.49. The van der Waals surface area contributed by atoms with Gasteiger partial charge < -0.3 is 10.6 Å². The predicted molar refractivity (Wildman–Crippen MR) is 79.4 cm³/mol. The largest absolute Gasteiger partial charge is 0.373 e. The summed E-state index contributed by atoms with van der Waals surface area (Å²) in [5, 5.41) is 7.25. The van der Waals surface area contributed by atoms with Crippen LogP contribution in [-0.4, -0.2) is 41.3 Å². The summed E-state index contributed by atoms with van der Waals surface area (Å²) in [6.07, 6.45) is 5.24. The van der Waals surface area contributed by atoms with Crippen LogP contribution in [-0.2, 0) is 0 Å². The molecule has 17 heavy (non-hydrogen) atoms. The second kappa shape index (κ2) is 7.66. The molecule has 1 heterocycles. The van der Waals surface area contributed by atoms with Gasteiger partial charge in [0.1, 0.15) is 11.6 Å². The zero-order chi connectivity index (χ0) is 12.7. The summed E-state index contributed by atoms with van der Waals surface area (Å²) in [5.41, 5.74) is 0. The summed E-state index contributed by atoms with van der Waals surface area (Å²) in [5.74, 6) is 2.90. The van der Waals surface area contributed by atoms with Gasteiger partial charge in [0.05, 0.1) is 0 Å². The van der Waals surface area contributed by atoms with Crippen molar-refractivity contribution in [1.29, 1.82) is 0 Å². The van der Waals surface area contributed by atoms with E-state index in [9.17, 15) is 0 Å². The van der Waals surface area contributed by atoms with Crippen LogP contribution in [0.3, 0.4) is 0 Å². The van der Waals surface area contributed by atoms with Crippen LogP contribution in [0.4, 0.5) is 11.6 Å². The van der Waals surface area contributed by atoms with Crippen molar-refractivity contribution in [3.05, 3.63) is 6.07 Å². The van der Waals surface area contributed by atoms with Gasteiger partial charge in [-0.3, -0.25) is 0 Å². The summed E-state index contributed by atoms with van der Waals surface area (Å²) >= 11 is 3.42. The lowest BCUT2D eigenvalue weighted by Crippen LogP contribution is -2.17. The highest BCUT2D eigenvalue weighted by atomic mass is 32.2. The third kappa shape index (κ3) is 5.04. The van der Waals surface area contributed by atoms with Gasteiger partial charge in [-0.25, -0.2) is 9.97 Å². The van der Waals surface area contributed by atoms with E-state index in [1.807, 2.05) is 31.1 Å². The van der Waals surface area contributed by atoms with Crippen molar-refractivity contribution in [1.82, 2.24) is 9.97 Å². The standard InChI is InChI=1S/C11H20N4S2/c1-8(5-6-16-3)13-10-7-9(12-2)14-11(15-10)17-4/h7-8H,5-6H2,1-4H3,(H2,12,13,14,15). The van der Waals surface area contributed by atoms with E-state index in [1.54, 1.807) is 11.8 Å². The Morgan fingerprint density at radius 2 is 2.00 bits per heavy atom. The van der Waals surface area contributed by atoms with Gasteiger partial charge >= 0.3 is 0 Å². The molecule has 0 bridgehead atoms. The zero-order valence-electron chi connectivity index (χ0n) is 10.8. The molecule has 96 valence electrons. The average Bonchev–Trinajstić information content (AvgIpc) is 2.35. The molecule has 6 heteroatoms.